The van der Waals surface area contributed by atoms with E-state index in [0.717, 1.165) is 5.56 Å². The molecule has 0 aliphatic rings. The number of ether oxygens (including phenoxy) is 1. The van der Waals surface area contributed by atoms with E-state index in [1.807, 2.05) is 6.92 Å². The predicted octanol–water partition coefficient (Wildman–Crippen LogP) is 4.86. The van der Waals surface area contributed by atoms with Crippen molar-refractivity contribution in [1.29, 1.82) is 0 Å². The van der Waals surface area contributed by atoms with Crippen molar-refractivity contribution < 1.29 is 14.1 Å². The molecule has 0 aliphatic heterocycles. The summed E-state index contributed by atoms with van der Waals surface area (Å²) >= 11 is 12.0. The van der Waals surface area contributed by atoms with Crippen LogP contribution in [0.2, 0.25) is 10.0 Å². The van der Waals surface area contributed by atoms with Gasteiger partial charge in [0.1, 0.15) is 5.75 Å². The van der Waals surface area contributed by atoms with Gasteiger partial charge in [0.15, 0.2) is 6.10 Å². The molecule has 0 aliphatic carbocycles. The zero-order valence-corrected chi connectivity index (χ0v) is 16.9. The van der Waals surface area contributed by atoms with E-state index in [1.54, 1.807) is 55.6 Å². The highest BCUT2D eigenvalue weighted by atomic mass is 35.5. The molecule has 0 fully saturated rings. The van der Waals surface area contributed by atoms with Gasteiger partial charge in [-0.1, -0.05) is 47.4 Å². The van der Waals surface area contributed by atoms with Crippen LogP contribution in [-0.2, 0) is 11.3 Å². The van der Waals surface area contributed by atoms with Gasteiger partial charge in [0.2, 0.25) is 11.7 Å². The zero-order chi connectivity index (χ0) is 20.1. The van der Waals surface area contributed by atoms with Gasteiger partial charge in [0, 0.05) is 17.6 Å². The SMILES string of the molecule is CC[C@H](Oc1ccccc1Cl)C(=O)N(C)Cc1nc(-c2ccc(Cl)cc2)no1. The molecule has 0 unspecified atom stereocenters. The third-order valence-electron chi connectivity index (χ3n) is 4.07. The molecular weight excluding hydrogens is 401 g/mol. The smallest absolute Gasteiger partial charge is 0.263 e. The maximum Gasteiger partial charge on any atom is 0.263 e. The molecule has 0 N–H and O–H groups in total. The Morgan fingerprint density at radius 3 is 2.57 bits per heavy atom. The minimum atomic E-state index is -0.663. The van der Waals surface area contributed by atoms with Crippen molar-refractivity contribution in [2.45, 2.75) is 26.0 Å². The highest BCUT2D eigenvalue weighted by Gasteiger charge is 2.24. The maximum absolute atomic E-state index is 12.8. The molecule has 3 rings (SSSR count). The topological polar surface area (TPSA) is 68.5 Å². The number of aromatic nitrogens is 2. The number of hydrogen-bond donors (Lipinski definition) is 0. The molecule has 1 aromatic heterocycles. The standard InChI is InChI=1S/C20H19Cl2N3O3/c1-3-16(27-17-7-5-4-6-15(17)22)20(26)25(2)12-18-23-19(24-28-18)13-8-10-14(21)11-9-13/h4-11,16H,3,12H2,1-2H3/t16-/m0/s1. The molecular formula is C20H19Cl2N3O3. The molecule has 6 nitrogen and oxygen atoms in total. The maximum atomic E-state index is 12.8. The van der Waals surface area contributed by atoms with Gasteiger partial charge in [-0.25, -0.2) is 0 Å². The molecule has 3 aromatic rings. The van der Waals surface area contributed by atoms with Crippen molar-refractivity contribution >= 4 is 29.1 Å². The average Bonchev–Trinajstić information content (AvgIpc) is 3.16. The summed E-state index contributed by atoms with van der Waals surface area (Å²) in [6.07, 6.45) is -0.169. The van der Waals surface area contributed by atoms with E-state index < -0.39 is 6.10 Å². The summed E-state index contributed by atoms with van der Waals surface area (Å²) in [5, 5.41) is 5.04. The lowest BCUT2D eigenvalue weighted by molar-refractivity contribution is -0.138. The number of rotatable bonds is 7. The Bertz CT molecular complexity index is 944. The first-order valence-electron chi connectivity index (χ1n) is 8.72. The van der Waals surface area contributed by atoms with Crippen molar-refractivity contribution in [3.8, 4) is 17.1 Å². The van der Waals surface area contributed by atoms with Crippen molar-refractivity contribution in [1.82, 2.24) is 15.0 Å². The van der Waals surface area contributed by atoms with E-state index in [1.165, 1.54) is 4.90 Å². The van der Waals surface area contributed by atoms with Crippen LogP contribution < -0.4 is 4.74 Å². The fourth-order valence-electron chi connectivity index (χ4n) is 2.56. The first-order valence-corrected chi connectivity index (χ1v) is 9.48. The van der Waals surface area contributed by atoms with Gasteiger partial charge in [-0.2, -0.15) is 4.98 Å². The molecule has 0 bridgehead atoms. The molecule has 8 heteroatoms. The fraction of sp³-hybridized carbons (Fsp3) is 0.250. The fourth-order valence-corrected chi connectivity index (χ4v) is 2.87. The van der Waals surface area contributed by atoms with Crippen LogP contribution >= 0.6 is 23.2 Å². The van der Waals surface area contributed by atoms with Gasteiger partial charge in [0.05, 0.1) is 11.6 Å². The van der Waals surface area contributed by atoms with E-state index in [9.17, 15) is 4.79 Å². The normalized spacial score (nSPS) is 11.9. The van der Waals surface area contributed by atoms with E-state index in [-0.39, 0.29) is 12.5 Å². The molecule has 2 aromatic carbocycles. The van der Waals surface area contributed by atoms with Crippen molar-refractivity contribution in [3.05, 3.63) is 64.5 Å². The minimum Gasteiger partial charge on any atom is -0.479 e. The number of halogens is 2. The van der Waals surface area contributed by atoms with E-state index in [4.69, 9.17) is 32.5 Å². The molecule has 1 amide bonds. The summed E-state index contributed by atoms with van der Waals surface area (Å²) in [7, 11) is 1.66. The monoisotopic (exact) mass is 419 g/mol. The number of nitrogens with zero attached hydrogens (tertiary/aromatic N) is 3. The van der Waals surface area contributed by atoms with Crippen LogP contribution in [0.5, 0.6) is 5.75 Å². The average molecular weight is 420 g/mol. The lowest BCUT2D eigenvalue weighted by Crippen LogP contribution is -2.39. The van der Waals surface area contributed by atoms with Gasteiger partial charge >= 0.3 is 0 Å². The minimum absolute atomic E-state index is 0.168. The molecule has 0 radical (unpaired) electrons. The Hall–Kier alpha value is -2.57. The second-order valence-corrected chi connectivity index (χ2v) is 7.00. The van der Waals surface area contributed by atoms with Crippen molar-refractivity contribution in [2.75, 3.05) is 7.05 Å². The molecule has 0 saturated heterocycles. The molecule has 28 heavy (non-hydrogen) atoms. The number of amides is 1. The van der Waals surface area contributed by atoms with Crippen LogP contribution in [0, 0.1) is 0 Å². The molecule has 0 saturated carbocycles. The number of carbonyl (C=O) groups is 1. The number of carbonyl (C=O) groups excluding carboxylic acids is 1. The van der Waals surface area contributed by atoms with Gasteiger partial charge in [-0.3, -0.25) is 4.79 Å². The second kappa shape index (κ2) is 9.08. The van der Waals surface area contributed by atoms with Gasteiger partial charge in [-0.15, -0.1) is 0 Å². The first-order chi connectivity index (χ1) is 13.5. The Balaban J connectivity index is 1.66. The van der Waals surface area contributed by atoms with Gasteiger partial charge in [-0.05, 0) is 42.8 Å². The van der Waals surface area contributed by atoms with Crippen LogP contribution in [0.4, 0.5) is 0 Å². The number of para-hydroxylation sites is 1. The van der Waals surface area contributed by atoms with Crippen LogP contribution in [0.25, 0.3) is 11.4 Å². The zero-order valence-electron chi connectivity index (χ0n) is 15.4. The largest absolute Gasteiger partial charge is 0.479 e. The third-order valence-corrected chi connectivity index (χ3v) is 4.64. The van der Waals surface area contributed by atoms with E-state index in [0.29, 0.717) is 33.9 Å². The molecule has 1 atom stereocenters. The second-order valence-electron chi connectivity index (χ2n) is 6.16. The number of hydrogen-bond acceptors (Lipinski definition) is 5. The summed E-state index contributed by atoms with van der Waals surface area (Å²) in [6.45, 7) is 2.04. The summed E-state index contributed by atoms with van der Waals surface area (Å²) in [4.78, 5) is 18.6. The Kier molecular flexibility index (Phi) is 6.54. The lowest BCUT2D eigenvalue weighted by Gasteiger charge is -2.23. The number of likely N-dealkylation sites (N-methyl/N-ethyl adjacent to an activating group) is 1. The van der Waals surface area contributed by atoms with Gasteiger partial charge in [0.25, 0.3) is 5.91 Å². The lowest BCUT2D eigenvalue weighted by atomic mass is 10.2. The summed E-state index contributed by atoms with van der Waals surface area (Å²) in [6, 6.07) is 14.2. The summed E-state index contributed by atoms with van der Waals surface area (Å²) in [5.41, 5.74) is 0.780. The van der Waals surface area contributed by atoms with Crippen LogP contribution in [0.3, 0.4) is 0 Å². The van der Waals surface area contributed by atoms with Crippen LogP contribution in [0.1, 0.15) is 19.2 Å². The predicted molar refractivity (Wildman–Crippen MR) is 107 cm³/mol. The van der Waals surface area contributed by atoms with E-state index in [2.05, 4.69) is 10.1 Å². The Morgan fingerprint density at radius 1 is 1.18 bits per heavy atom. The van der Waals surface area contributed by atoms with Crippen molar-refractivity contribution in [2.24, 2.45) is 0 Å². The van der Waals surface area contributed by atoms with Crippen molar-refractivity contribution in [3.63, 3.8) is 0 Å². The highest BCUT2D eigenvalue weighted by Crippen LogP contribution is 2.25. The van der Waals surface area contributed by atoms with E-state index >= 15 is 0 Å². The van der Waals surface area contributed by atoms with Gasteiger partial charge < -0.3 is 14.2 Å². The molecule has 146 valence electrons. The quantitative estimate of drug-likeness (QED) is 0.546. The third kappa shape index (κ3) is 4.82. The summed E-state index contributed by atoms with van der Waals surface area (Å²) < 4.78 is 11.1. The van der Waals surface area contributed by atoms with Crippen LogP contribution in [-0.4, -0.2) is 34.1 Å². The molecule has 1 heterocycles. The van der Waals surface area contributed by atoms with Crippen LogP contribution in [0.15, 0.2) is 53.1 Å². The highest BCUT2D eigenvalue weighted by molar-refractivity contribution is 6.32. The Morgan fingerprint density at radius 2 is 1.89 bits per heavy atom. The Labute approximate surface area is 173 Å². The summed E-state index contributed by atoms with van der Waals surface area (Å²) in [5.74, 6) is 1.04. The first kappa shape index (κ1) is 20.2. The molecule has 0 spiro atoms. The number of benzene rings is 2.